The molecule has 0 aromatic heterocycles. The number of hydrogen-bond acceptors (Lipinski definition) is 1. The van der Waals surface area contributed by atoms with Gasteiger partial charge >= 0.3 is 0 Å². The molecule has 0 aromatic carbocycles. The van der Waals surface area contributed by atoms with Gasteiger partial charge in [0, 0.05) is 6.04 Å². The van der Waals surface area contributed by atoms with Crippen LogP contribution in [0.25, 0.3) is 0 Å². The summed E-state index contributed by atoms with van der Waals surface area (Å²) in [4.78, 5) is 0. The second-order valence-electron chi connectivity index (χ2n) is 3.59. The van der Waals surface area contributed by atoms with E-state index in [9.17, 15) is 0 Å². The zero-order valence-corrected chi connectivity index (χ0v) is 6.93. The molecule has 0 spiro atoms. The van der Waals surface area contributed by atoms with Crippen LogP contribution in [0.4, 0.5) is 0 Å². The van der Waals surface area contributed by atoms with Crippen LogP contribution in [0.15, 0.2) is 12.2 Å². The Morgan fingerprint density at radius 1 is 1.50 bits per heavy atom. The summed E-state index contributed by atoms with van der Waals surface area (Å²) in [6.45, 7) is 8.30. The second-order valence-corrected chi connectivity index (χ2v) is 3.59. The highest BCUT2D eigenvalue weighted by Gasteiger charge is 2.30. The Labute approximate surface area is 63.3 Å². The van der Waals surface area contributed by atoms with E-state index in [0.717, 1.165) is 5.92 Å². The fourth-order valence-corrected chi connectivity index (χ4v) is 1.14. The van der Waals surface area contributed by atoms with Crippen molar-refractivity contribution < 1.29 is 0 Å². The standard InChI is InChI=1S/C9H17N/c1-6(2)7(3)9(10)8-4-5-8/h6,8-9H,3-5,10H2,1-2H3/t9-/m1/s1. The van der Waals surface area contributed by atoms with Crippen molar-refractivity contribution in [2.45, 2.75) is 32.7 Å². The molecule has 1 atom stereocenters. The first-order valence-electron chi connectivity index (χ1n) is 4.07. The summed E-state index contributed by atoms with van der Waals surface area (Å²) in [6, 6.07) is 0.278. The van der Waals surface area contributed by atoms with Gasteiger partial charge in [-0.25, -0.2) is 0 Å². The lowest BCUT2D eigenvalue weighted by molar-refractivity contribution is 0.594. The van der Waals surface area contributed by atoms with E-state index < -0.39 is 0 Å². The van der Waals surface area contributed by atoms with Gasteiger partial charge in [-0.05, 0) is 24.7 Å². The number of nitrogens with two attached hydrogens (primary N) is 1. The van der Waals surface area contributed by atoms with Gasteiger partial charge in [0.15, 0.2) is 0 Å². The van der Waals surface area contributed by atoms with Gasteiger partial charge in [0.25, 0.3) is 0 Å². The minimum absolute atomic E-state index is 0.278. The molecule has 1 aliphatic carbocycles. The zero-order valence-electron chi connectivity index (χ0n) is 6.93. The van der Waals surface area contributed by atoms with Crippen LogP contribution in [-0.4, -0.2) is 6.04 Å². The van der Waals surface area contributed by atoms with Gasteiger partial charge in [0.05, 0.1) is 0 Å². The minimum atomic E-state index is 0.278. The molecule has 1 heteroatoms. The Morgan fingerprint density at radius 3 is 2.30 bits per heavy atom. The van der Waals surface area contributed by atoms with E-state index in [0.29, 0.717) is 5.92 Å². The van der Waals surface area contributed by atoms with Gasteiger partial charge < -0.3 is 5.73 Å². The van der Waals surface area contributed by atoms with Crippen LogP contribution in [-0.2, 0) is 0 Å². The minimum Gasteiger partial charge on any atom is -0.324 e. The fourth-order valence-electron chi connectivity index (χ4n) is 1.14. The average Bonchev–Trinajstić information content (AvgIpc) is 2.65. The summed E-state index contributed by atoms with van der Waals surface area (Å²) in [5.74, 6) is 1.31. The predicted octanol–water partition coefficient (Wildman–Crippen LogP) is 1.94. The smallest absolute Gasteiger partial charge is 0.0282 e. The van der Waals surface area contributed by atoms with Crippen molar-refractivity contribution in [1.29, 1.82) is 0 Å². The Morgan fingerprint density at radius 2 is 2.00 bits per heavy atom. The Kier molecular flexibility index (Phi) is 2.14. The molecule has 1 saturated carbocycles. The summed E-state index contributed by atoms with van der Waals surface area (Å²) in [5.41, 5.74) is 7.15. The predicted molar refractivity (Wildman–Crippen MR) is 44.7 cm³/mol. The van der Waals surface area contributed by atoms with Crippen LogP contribution in [0.3, 0.4) is 0 Å². The number of rotatable bonds is 3. The highest BCUT2D eigenvalue weighted by Crippen LogP contribution is 2.35. The van der Waals surface area contributed by atoms with E-state index in [2.05, 4.69) is 20.4 Å². The van der Waals surface area contributed by atoms with Crippen molar-refractivity contribution in [3.8, 4) is 0 Å². The topological polar surface area (TPSA) is 26.0 Å². The lowest BCUT2D eigenvalue weighted by atomic mass is 9.95. The second kappa shape index (κ2) is 2.75. The molecule has 0 aromatic rings. The third-order valence-electron chi connectivity index (χ3n) is 2.30. The first-order chi connectivity index (χ1) is 4.63. The summed E-state index contributed by atoms with van der Waals surface area (Å²) < 4.78 is 0. The molecule has 0 bridgehead atoms. The molecule has 1 rings (SSSR count). The molecule has 1 fully saturated rings. The molecule has 0 radical (unpaired) electrons. The van der Waals surface area contributed by atoms with Crippen LogP contribution in [0.1, 0.15) is 26.7 Å². The Hall–Kier alpha value is -0.300. The molecular weight excluding hydrogens is 122 g/mol. The maximum absolute atomic E-state index is 5.92. The molecule has 2 N–H and O–H groups in total. The zero-order chi connectivity index (χ0) is 7.72. The van der Waals surface area contributed by atoms with Gasteiger partial charge in [-0.3, -0.25) is 0 Å². The van der Waals surface area contributed by atoms with E-state index in [1.165, 1.54) is 18.4 Å². The largest absolute Gasteiger partial charge is 0.324 e. The van der Waals surface area contributed by atoms with Crippen LogP contribution < -0.4 is 5.73 Å². The Balaban J connectivity index is 2.38. The van der Waals surface area contributed by atoms with E-state index in [-0.39, 0.29) is 6.04 Å². The normalized spacial score (nSPS) is 21.2. The summed E-state index contributed by atoms with van der Waals surface area (Å²) in [7, 11) is 0. The lowest BCUT2D eigenvalue weighted by Gasteiger charge is -2.16. The van der Waals surface area contributed by atoms with Crippen LogP contribution >= 0.6 is 0 Å². The van der Waals surface area contributed by atoms with Gasteiger partial charge in [-0.15, -0.1) is 0 Å². The average molecular weight is 139 g/mol. The quantitative estimate of drug-likeness (QED) is 0.594. The summed E-state index contributed by atoms with van der Waals surface area (Å²) in [5, 5.41) is 0. The monoisotopic (exact) mass is 139 g/mol. The van der Waals surface area contributed by atoms with Crippen molar-refractivity contribution in [2.24, 2.45) is 17.6 Å². The van der Waals surface area contributed by atoms with Gasteiger partial charge in [0.2, 0.25) is 0 Å². The maximum atomic E-state index is 5.92. The Bertz CT molecular complexity index is 134. The van der Waals surface area contributed by atoms with E-state index >= 15 is 0 Å². The summed E-state index contributed by atoms with van der Waals surface area (Å²) >= 11 is 0. The lowest BCUT2D eigenvalue weighted by Crippen LogP contribution is -2.26. The first-order valence-corrected chi connectivity index (χ1v) is 4.07. The first kappa shape index (κ1) is 7.80. The maximum Gasteiger partial charge on any atom is 0.0282 e. The van der Waals surface area contributed by atoms with Crippen molar-refractivity contribution >= 4 is 0 Å². The van der Waals surface area contributed by atoms with E-state index in [1.807, 2.05) is 0 Å². The van der Waals surface area contributed by atoms with Crippen molar-refractivity contribution in [3.05, 3.63) is 12.2 Å². The highest BCUT2D eigenvalue weighted by atomic mass is 14.7. The third kappa shape index (κ3) is 1.60. The van der Waals surface area contributed by atoms with Gasteiger partial charge in [0.1, 0.15) is 0 Å². The molecule has 0 unspecified atom stereocenters. The number of hydrogen-bond donors (Lipinski definition) is 1. The summed E-state index contributed by atoms with van der Waals surface area (Å²) in [6.07, 6.45) is 2.62. The molecule has 0 heterocycles. The molecule has 0 saturated heterocycles. The van der Waals surface area contributed by atoms with Crippen LogP contribution in [0.2, 0.25) is 0 Å². The molecule has 1 aliphatic rings. The van der Waals surface area contributed by atoms with Crippen LogP contribution in [0.5, 0.6) is 0 Å². The van der Waals surface area contributed by atoms with Crippen molar-refractivity contribution in [1.82, 2.24) is 0 Å². The highest BCUT2D eigenvalue weighted by molar-refractivity contribution is 5.11. The van der Waals surface area contributed by atoms with E-state index in [4.69, 9.17) is 5.73 Å². The van der Waals surface area contributed by atoms with E-state index in [1.54, 1.807) is 0 Å². The molecule has 58 valence electrons. The fraction of sp³-hybridized carbons (Fsp3) is 0.778. The molecule has 10 heavy (non-hydrogen) atoms. The molecular formula is C9H17N. The molecule has 1 nitrogen and oxygen atoms in total. The SMILES string of the molecule is C=C(C(C)C)[C@@H](N)C1CC1. The van der Waals surface area contributed by atoms with Crippen molar-refractivity contribution in [2.75, 3.05) is 0 Å². The van der Waals surface area contributed by atoms with Gasteiger partial charge in [-0.2, -0.15) is 0 Å². The molecule has 0 amide bonds. The van der Waals surface area contributed by atoms with Crippen molar-refractivity contribution in [3.63, 3.8) is 0 Å². The third-order valence-corrected chi connectivity index (χ3v) is 2.30. The van der Waals surface area contributed by atoms with Crippen LogP contribution in [0, 0.1) is 11.8 Å². The van der Waals surface area contributed by atoms with Gasteiger partial charge in [-0.1, -0.05) is 26.0 Å². The molecule has 0 aliphatic heterocycles.